The van der Waals surface area contributed by atoms with Gasteiger partial charge in [-0.05, 0) is 65.8 Å². The van der Waals surface area contributed by atoms with Crippen molar-refractivity contribution < 1.29 is 36.0 Å². The molecule has 12 heteroatoms. The molecule has 0 saturated carbocycles. The van der Waals surface area contributed by atoms with Crippen LogP contribution >= 0.6 is 0 Å². The van der Waals surface area contributed by atoms with E-state index in [0.717, 1.165) is 6.26 Å². The molecule has 0 aromatic rings. The second-order valence-corrected chi connectivity index (χ2v) is 26.5. The minimum absolute atomic E-state index is 0.205. The van der Waals surface area contributed by atoms with Gasteiger partial charge in [0.15, 0.2) is 52.4 Å². The highest BCUT2D eigenvalue weighted by atomic mass is 32.2. The van der Waals surface area contributed by atoms with E-state index in [0.29, 0.717) is 0 Å². The molecule has 0 bridgehead atoms. The molecule has 1 saturated heterocycles. The molecule has 1 rings (SSSR count). The molecule has 1 aliphatic heterocycles. The SMILES string of the molecule is CC(O[C@H]1C(=O)O[C@H](CO[Si](C)(C)C)[C@@H](O[Si](C)(C)C)[C@@H]1O[Si](C)(C)C)S(C)(=O)=O. The summed E-state index contributed by atoms with van der Waals surface area (Å²) in [5, 5.41) is 0. The summed E-state index contributed by atoms with van der Waals surface area (Å²) < 4.78 is 54.1. The van der Waals surface area contributed by atoms with Gasteiger partial charge in [-0.15, -0.1) is 0 Å². The second-order valence-electron chi connectivity index (χ2n) is 10.7. The van der Waals surface area contributed by atoms with Gasteiger partial charge in [0, 0.05) is 6.26 Å². The van der Waals surface area contributed by atoms with Crippen LogP contribution in [0.2, 0.25) is 58.9 Å². The Bertz CT molecular complexity index is 694. The van der Waals surface area contributed by atoms with E-state index in [9.17, 15) is 13.2 Å². The fraction of sp³-hybridized carbons (Fsp3) is 0.944. The second kappa shape index (κ2) is 9.81. The van der Waals surface area contributed by atoms with E-state index in [2.05, 4.69) is 19.6 Å². The van der Waals surface area contributed by atoms with E-state index >= 15 is 0 Å². The topological polar surface area (TPSA) is 97.4 Å². The number of rotatable bonds is 10. The fourth-order valence-corrected chi connectivity index (χ4v) is 5.95. The number of cyclic esters (lactones) is 1. The molecule has 0 aromatic heterocycles. The van der Waals surface area contributed by atoms with Crippen LogP contribution < -0.4 is 0 Å². The minimum Gasteiger partial charge on any atom is -0.455 e. The van der Waals surface area contributed by atoms with Crippen molar-refractivity contribution in [3.05, 3.63) is 0 Å². The summed E-state index contributed by atoms with van der Waals surface area (Å²) in [5.74, 6) is -0.645. The molecule has 30 heavy (non-hydrogen) atoms. The predicted molar refractivity (Wildman–Crippen MR) is 125 cm³/mol. The Balaban J connectivity index is 3.35. The van der Waals surface area contributed by atoms with Crippen molar-refractivity contribution in [1.82, 2.24) is 0 Å². The van der Waals surface area contributed by atoms with Gasteiger partial charge < -0.3 is 22.8 Å². The average Bonchev–Trinajstić information content (AvgIpc) is 2.47. The van der Waals surface area contributed by atoms with E-state index in [-0.39, 0.29) is 6.61 Å². The molecule has 0 radical (unpaired) electrons. The first-order valence-corrected chi connectivity index (χ1v) is 22.4. The molecule has 0 amide bonds. The lowest BCUT2D eigenvalue weighted by atomic mass is 10.00. The third-order valence-electron chi connectivity index (χ3n) is 4.09. The van der Waals surface area contributed by atoms with Crippen molar-refractivity contribution in [2.45, 2.75) is 95.7 Å². The van der Waals surface area contributed by atoms with E-state index in [1.54, 1.807) is 0 Å². The zero-order valence-electron chi connectivity index (χ0n) is 20.3. The van der Waals surface area contributed by atoms with E-state index < -0.39 is 70.6 Å². The number of hydrogen-bond acceptors (Lipinski definition) is 8. The Hall–Kier alpha value is -0.0894. The maximum absolute atomic E-state index is 12.9. The molecule has 1 heterocycles. The van der Waals surface area contributed by atoms with Gasteiger partial charge in [0.05, 0.1) is 6.61 Å². The van der Waals surface area contributed by atoms with Crippen LogP contribution in [-0.2, 0) is 37.4 Å². The smallest absolute Gasteiger partial charge is 0.338 e. The van der Waals surface area contributed by atoms with Crippen LogP contribution in [0.4, 0.5) is 0 Å². The lowest BCUT2D eigenvalue weighted by Gasteiger charge is -2.46. The van der Waals surface area contributed by atoms with Crippen LogP contribution in [0.25, 0.3) is 0 Å². The van der Waals surface area contributed by atoms with Crippen molar-refractivity contribution in [1.29, 1.82) is 0 Å². The first kappa shape index (κ1) is 27.9. The van der Waals surface area contributed by atoms with Gasteiger partial charge in [-0.3, -0.25) is 0 Å². The molecule has 8 nitrogen and oxygen atoms in total. The van der Waals surface area contributed by atoms with Crippen LogP contribution in [0.15, 0.2) is 0 Å². The normalized spacial score (nSPS) is 27.6. The van der Waals surface area contributed by atoms with Crippen LogP contribution in [0.3, 0.4) is 0 Å². The molecule has 1 unspecified atom stereocenters. The largest absolute Gasteiger partial charge is 0.455 e. The number of carbonyl (C=O) groups excluding carboxylic acids is 1. The third-order valence-corrected chi connectivity index (χ3v) is 8.40. The molecule has 178 valence electrons. The van der Waals surface area contributed by atoms with E-state index in [4.69, 9.17) is 22.8 Å². The Morgan fingerprint density at radius 2 is 1.37 bits per heavy atom. The summed E-state index contributed by atoms with van der Waals surface area (Å²) in [5.41, 5.74) is -1.18. The Morgan fingerprint density at radius 1 is 0.900 bits per heavy atom. The van der Waals surface area contributed by atoms with Crippen LogP contribution in [0, 0.1) is 0 Å². The molecule has 5 atom stereocenters. The highest BCUT2D eigenvalue weighted by Gasteiger charge is 2.52. The molecular formula is C18H40O8SSi3. The number of carbonyl (C=O) groups is 1. The number of hydrogen-bond donors (Lipinski definition) is 0. The molecule has 0 N–H and O–H groups in total. The van der Waals surface area contributed by atoms with Gasteiger partial charge in [-0.2, -0.15) is 0 Å². The summed E-state index contributed by atoms with van der Waals surface area (Å²) >= 11 is 0. The van der Waals surface area contributed by atoms with E-state index in [1.165, 1.54) is 6.92 Å². The van der Waals surface area contributed by atoms with Gasteiger partial charge in [0.25, 0.3) is 0 Å². The zero-order valence-corrected chi connectivity index (χ0v) is 24.1. The fourth-order valence-electron chi connectivity index (χ4n) is 2.79. The van der Waals surface area contributed by atoms with Crippen molar-refractivity contribution in [2.24, 2.45) is 0 Å². The number of sulfone groups is 1. The summed E-state index contributed by atoms with van der Waals surface area (Å²) in [7, 11) is -9.61. The van der Waals surface area contributed by atoms with Crippen molar-refractivity contribution in [3.8, 4) is 0 Å². The molecular weight excluding hydrogens is 461 g/mol. The van der Waals surface area contributed by atoms with Gasteiger partial charge in [0.2, 0.25) is 0 Å². The summed E-state index contributed by atoms with van der Waals surface area (Å²) in [4.78, 5) is 12.9. The quantitative estimate of drug-likeness (QED) is 0.333. The highest BCUT2D eigenvalue weighted by molar-refractivity contribution is 7.91. The van der Waals surface area contributed by atoms with Crippen molar-refractivity contribution >= 4 is 40.8 Å². The first-order valence-electron chi connectivity index (χ1n) is 10.2. The third kappa shape index (κ3) is 9.59. The maximum Gasteiger partial charge on any atom is 0.338 e. The number of esters is 1. The lowest BCUT2D eigenvalue weighted by Crippen LogP contribution is -2.64. The minimum atomic E-state index is -3.51. The van der Waals surface area contributed by atoms with Gasteiger partial charge >= 0.3 is 5.97 Å². The first-order chi connectivity index (χ1) is 13.2. The van der Waals surface area contributed by atoms with E-state index in [1.807, 2.05) is 39.3 Å². The summed E-state index contributed by atoms with van der Waals surface area (Å²) in [6, 6.07) is 0. The standard InChI is InChI=1S/C18H40O8SSi3/c1-13(27(2,20)21)23-17-16(26-30(9,10)11)15(25-29(6,7)8)14(24-18(17)19)12-22-28(3,4)5/h13-17H,12H2,1-11H3/t13?,14-,15-,16+,17-/m1/s1. The Morgan fingerprint density at radius 3 is 1.77 bits per heavy atom. The number of ether oxygens (including phenoxy) is 2. The highest BCUT2D eigenvalue weighted by Crippen LogP contribution is 2.31. The van der Waals surface area contributed by atoms with Crippen molar-refractivity contribution in [3.63, 3.8) is 0 Å². The summed E-state index contributed by atoms with van der Waals surface area (Å²) in [6.07, 6.45) is -2.14. The van der Waals surface area contributed by atoms with Crippen LogP contribution in [-0.4, -0.2) is 82.1 Å². The molecule has 0 aliphatic carbocycles. The van der Waals surface area contributed by atoms with Crippen LogP contribution in [0.5, 0.6) is 0 Å². The maximum atomic E-state index is 12.9. The van der Waals surface area contributed by atoms with Crippen LogP contribution in [0.1, 0.15) is 6.92 Å². The van der Waals surface area contributed by atoms with Gasteiger partial charge in [-0.25, -0.2) is 13.2 Å². The molecule has 0 spiro atoms. The molecule has 0 aromatic carbocycles. The summed E-state index contributed by atoms with van der Waals surface area (Å²) in [6.45, 7) is 19.9. The average molecular weight is 501 g/mol. The molecule has 1 aliphatic rings. The van der Waals surface area contributed by atoms with Crippen molar-refractivity contribution in [2.75, 3.05) is 12.9 Å². The molecule has 1 fully saturated rings. The predicted octanol–water partition coefficient (Wildman–Crippen LogP) is 2.98. The monoisotopic (exact) mass is 500 g/mol. The Labute approximate surface area is 185 Å². The van der Waals surface area contributed by atoms with Gasteiger partial charge in [-0.1, -0.05) is 0 Å². The lowest BCUT2D eigenvalue weighted by molar-refractivity contribution is -0.209. The Kier molecular flexibility index (Phi) is 9.14. The zero-order chi connectivity index (χ0) is 23.7. The van der Waals surface area contributed by atoms with Gasteiger partial charge in [0.1, 0.15) is 12.2 Å².